The van der Waals surface area contributed by atoms with Crippen LogP contribution in [0.1, 0.15) is 5.56 Å². The molecular formula is C28H20N2O6S2. The van der Waals surface area contributed by atoms with E-state index in [1.165, 1.54) is 36.3 Å². The second-order valence-electron chi connectivity index (χ2n) is 8.24. The molecule has 0 aromatic heterocycles. The number of anilines is 1. The molecule has 1 fully saturated rings. The highest BCUT2D eigenvalue weighted by Gasteiger charge is 2.35. The van der Waals surface area contributed by atoms with Crippen LogP contribution in [0.15, 0.2) is 101 Å². The topological polar surface area (TPSA) is 102 Å². The molecule has 0 atom stereocenters. The summed E-state index contributed by atoms with van der Waals surface area (Å²) in [4.78, 5) is 27.3. The van der Waals surface area contributed by atoms with E-state index in [2.05, 4.69) is 5.32 Å². The van der Waals surface area contributed by atoms with Crippen molar-refractivity contribution in [1.82, 2.24) is 5.32 Å². The summed E-state index contributed by atoms with van der Waals surface area (Å²) >= 11 is 5.24. The number of carbonyl (C=O) groups is 2. The minimum Gasteiger partial charge on any atom is -0.497 e. The van der Waals surface area contributed by atoms with Crippen LogP contribution < -0.4 is 19.1 Å². The molecule has 1 heterocycles. The van der Waals surface area contributed by atoms with Crippen molar-refractivity contribution in [1.29, 1.82) is 0 Å². The van der Waals surface area contributed by atoms with Gasteiger partial charge in [-0.2, -0.15) is 8.42 Å². The van der Waals surface area contributed by atoms with Gasteiger partial charge in [0, 0.05) is 5.56 Å². The van der Waals surface area contributed by atoms with Gasteiger partial charge in [-0.3, -0.25) is 19.8 Å². The molecule has 0 spiro atoms. The lowest BCUT2D eigenvalue weighted by molar-refractivity contribution is -0.122. The van der Waals surface area contributed by atoms with E-state index in [1.807, 2.05) is 18.2 Å². The van der Waals surface area contributed by atoms with Crippen LogP contribution in [-0.4, -0.2) is 32.5 Å². The Labute approximate surface area is 224 Å². The fourth-order valence-corrected chi connectivity index (χ4v) is 5.22. The molecule has 38 heavy (non-hydrogen) atoms. The molecule has 0 aliphatic carbocycles. The average molecular weight is 545 g/mol. The first kappa shape index (κ1) is 25.1. The number of carbonyl (C=O) groups excluding carboxylic acids is 2. The number of nitrogens with one attached hydrogen (secondary N) is 1. The predicted molar refractivity (Wildman–Crippen MR) is 147 cm³/mol. The van der Waals surface area contributed by atoms with Gasteiger partial charge in [-0.25, -0.2) is 0 Å². The summed E-state index contributed by atoms with van der Waals surface area (Å²) in [6.07, 6.45) is 1.28. The summed E-state index contributed by atoms with van der Waals surface area (Å²) in [5.41, 5.74) is 0.404. The van der Waals surface area contributed by atoms with Crippen LogP contribution in [0.5, 0.6) is 11.5 Å². The van der Waals surface area contributed by atoms with Gasteiger partial charge in [-0.05, 0) is 71.5 Å². The Hall–Kier alpha value is -4.54. The van der Waals surface area contributed by atoms with Crippen LogP contribution in [-0.2, 0) is 19.7 Å². The Morgan fingerprint density at radius 1 is 0.868 bits per heavy atom. The molecule has 0 saturated carbocycles. The summed E-state index contributed by atoms with van der Waals surface area (Å²) < 4.78 is 36.9. The first-order valence-corrected chi connectivity index (χ1v) is 13.2. The molecule has 1 N–H and O–H groups in total. The van der Waals surface area contributed by atoms with Gasteiger partial charge in [0.1, 0.15) is 22.0 Å². The summed E-state index contributed by atoms with van der Waals surface area (Å²) in [6.45, 7) is 0. The van der Waals surface area contributed by atoms with Gasteiger partial charge in [-0.15, -0.1) is 0 Å². The third-order valence-electron chi connectivity index (χ3n) is 5.86. The predicted octanol–water partition coefficient (Wildman–Crippen LogP) is 4.45. The van der Waals surface area contributed by atoms with Crippen LogP contribution in [0.2, 0.25) is 0 Å². The van der Waals surface area contributed by atoms with Gasteiger partial charge >= 0.3 is 10.1 Å². The molecule has 1 saturated heterocycles. The zero-order valence-corrected chi connectivity index (χ0v) is 21.6. The van der Waals surface area contributed by atoms with Gasteiger partial charge in [-0.1, -0.05) is 48.5 Å². The Morgan fingerprint density at radius 3 is 2.29 bits per heavy atom. The van der Waals surface area contributed by atoms with Crippen LogP contribution in [0.25, 0.3) is 16.8 Å². The van der Waals surface area contributed by atoms with Gasteiger partial charge in [0.25, 0.3) is 11.8 Å². The number of ether oxygens (including phenoxy) is 1. The van der Waals surface area contributed by atoms with E-state index in [-0.39, 0.29) is 26.9 Å². The summed E-state index contributed by atoms with van der Waals surface area (Å²) in [5.74, 6) is -0.839. The molecule has 2 amide bonds. The molecule has 0 bridgehead atoms. The van der Waals surface area contributed by atoms with Crippen molar-refractivity contribution >= 4 is 61.8 Å². The van der Waals surface area contributed by atoms with Gasteiger partial charge < -0.3 is 8.92 Å². The van der Waals surface area contributed by atoms with E-state index in [9.17, 15) is 18.0 Å². The van der Waals surface area contributed by atoms with Crippen LogP contribution in [0, 0.1) is 0 Å². The fraction of sp³-hybridized carbons (Fsp3) is 0.0357. The van der Waals surface area contributed by atoms with Gasteiger partial charge in [0.15, 0.2) is 5.11 Å². The number of benzene rings is 4. The van der Waals surface area contributed by atoms with Gasteiger partial charge in [0.2, 0.25) is 0 Å². The SMILES string of the molecule is COc1ccc(N2C(=O)/C(=C\c3ccccc3OS(=O)(=O)c3ccc4ccccc4c3)C(=O)NC2=S)cc1. The Bertz CT molecular complexity index is 1730. The zero-order valence-electron chi connectivity index (χ0n) is 20.0. The molecule has 0 unspecified atom stereocenters. The highest BCUT2D eigenvalue weighted by molar-refractivity contribution is 7.87. The lowest BCUT2D eigenvalue weighted by atomic mass is 10.1. The molecule has 10 heteroatoms. The van der Waals surface area contributed by atoms with Crippen molar-refractivity contribution in [3.05, 3.63) is 102 Å². The van der Waals surface area contributed by atoms with E-state index in [4.69, 9.17) is 21.1 Å². The van der Waals surface area contributed by atoms with E-state index < -0.39 is 21.9 Å². The zero-order chi connectivity index (χ0) is 26.9. The van der Waals surface area contributed by atoms with E-state index in [0.29, 0.717) is 11.4 Å². The molecule has 1 aliphatic rings. The van der Waals surface area contributed by atoms with Crippen LogP contribution in [0.4, 0.5) is 5.69 Å². The molecule has 0 radical (unpaired) electrons. The summed E-state index contributed by atoms with van der Waals surface area (Å²) in [5, 5.41) is 4.06. The Kier molecular flexibility index (Phi) is 6.66. The number of amides is 2. The Balaban J connectivity index is 1.49. The second-order valence-corrected chi connectivity index (χ2v) is 10.2. The number of fused-ring (bicyclic) bond motifs is 1. The van der Waals surface area contributed by atoms with Crippen LogP contribution in [0.3, 0.4) is 0 Å². The molecule has 4 aromatic rings. The largest absolute Gasteiger partial charge is 0.497 e. The van der Waals surface area contributed by atoms with Crippen molar-refractivity contribution in [3.8, 4) is 11.5 Å². The maximum Gasteiger partial charge on any atom is 0.339 e. The van der Waals surface area contributed by atoms with Gasteiger partial charge in [0.05, 0.1) is 12.8 Å². The summed E-state index contributed by atoms with van der Waals surface area (Å²) in [7, 11) is -2.70. The van der Waals surface area contributed by atoms with Crippen molar-refractivity contribution in [3.63, 3.8) is 0 Å². The van der Waals surface area contributed by atoms with Crippen molar-refractivity contribution in [2.45, 2.75) is 4.90 Å². The highest BCUT2D eigenvalue weighted by atomic mass is 32.2. The monoisotopic (exact) mass is 544 g/mol. The number of hydrogen-bond donors (Lipinski definition) is 1. The van der Waals surface area contributed by atoms with Crippen LogP contribution >= 0.6 is 12.2 Å². The third-order valence-corrected chi connectivity index (χ3v) is 7.38. The fourth-order valence-electron chi connectivity index (χ4n) is 3.94. The summed E-state index contributed by atoms with van der Waals surface area (Å²) in [6, 6.07) is 24.8. The molecular weight excluding hydrogens is 524 g/mol. The standard InChI is InChI=1S/C28H20N2O6S2/c1-35-22-13-11-21(12-14-22)30-27(32)24(26(31)29-28(30)37)17-20-8-4-5-9-25(20)36-38(33,34)23-15-10-18-6-2-3-7-19(18)16-23/h2-17H,1H3,(H,29,31,37)/b24-17-. The number of rotatable bonds is 6. The first-order chi connectivity index (χ1) is 18.3. The maximum absolute atomic E-state index is 13.4. The average Bonchev–Trinajstić information content (AvgIpc) is 2.91. The second kappa shape index (κ2) is 10.1. The number of methoxy groups -OCH3 is 1. The van der Waals surface area contributed by atoms with E-state index >= 15 is 0 Å². The molecule has 5 rings (SSSR count). The number of para-hydroxylation sites is 1. The smallest absolute Gasteiger partial charge is 0.339 e. The first-order valence-electron chi connectivity index (χ1n) is 11.3. The maximum atomic E-state index is 13.4. The molecule has 190 valence electrons. The van der Waals surface area contributed by atoms with Crippen molar-refractivity contribution in [2.24, 2.45) is 0 Å². The van der Waals surface area contributed by atoms with Crippen molar-refractivity contribution in [2.75, 3.05) is 12.0 Å². The van der Waals surface area contributed by atoms with E-state index in [1.54, 1.807) is 54.6 Å². The molecule has 8 nitrogen and oxygen atoms in total. The third kappa shape index (κ3) is 4.86. The quantitative estimate of drug-likeness (QED) is 0.166. The minimum absolute atomic E-state index is 0.0267. The highest BCUT2D eigenvalue weighted by Crippen LogP contribution is 2.29. The number of thiocarbonyl (C=S) groups is 1. The normalized spacial score (nSPS) is 15.0. The number of nitrogens with zero attached hydrogens (tertiary/aromatic N) is 1. The lowest BCUT2D eigenvalue weighted by Crippen LogP contribution is -2.54. The minimum atomic E-state index is -4.22. The van der Waals surface area contributed by atoms with E-state index in [0.717, 1.165) is 10.8 Å². The van der Waals surface area contributed by atoms with Crippen molar-refractivity contribution < 1.29 is 26.9 Å². The number of hydrogen-bond acceptors (Lipinski definition) is 7. The molecule has 1 aliphatic heterocycles. The molecule has 4 aromatic carbocycles. The lowest BCUT2D eigenvalue weighted by Gasteiger charge is -2.29. The Morgan fingerprint density at radius 2 is 1.55 bits per heavy atom.